The van der Waals surface area contributed by atoms with E-state index in [0.717, 1.165) is 16.0 Å². The van der Waals surface area contributed by atoms with Gasteiger partial charge in [-0.25, -0.2) is 5.43 Å². The van der Waals surface area contributed by atoms with Crippen LogP contribution in [0, 0.1) is 0 Å². The number of carbonyl (C=O) groups is 1. The second-order valence-corrected chi connectivity index (χ2v) is 5.13. The van der Waals surface area contributed by atoms with E-state index in [4.69, 9.17) is 0 Å². The van der Waals surface area contributed by atoms with Crippen molar-refractivity contribution in [2.75, 3.05) is 6.26 Å². The number of nitrogens with one attached hydrogen (secondary N) is 1. The first-order chi connectivity index (χ1) is 10.3. The van der Waals surface area contributed by atoms with E-state index in [-0.39, 0.29) is 5.91 Å². The molecule has 0 spiro atoms. The van der Waals surface area contributed by atoms with Crippen LogP contribution in [0.1, 0.15) is 11.1 Å². The van der Waals surface area contributed by atoms with Gasteiger partial charge in [-0.15, -0.1) is 11.8 Å². The Morgan fingerprint density at radius 1 is 1.10 bits per heavy atom. The van der Waals surface area contributed by atoms with Crippen LogP contribution in [0.2, 0.25) is 0 Å². The molecule has 0 bridgehead atoms. The number of nitrogens with zero attached hydrogens (tertiary/aromatic N) is 1. The van der Waals surface area contributed by atoms with Gasteiger partial charge in [-0.3, -0.25) is 4.79 Å². The number of benzene rings is 2. The molecule has 2 rings (SSSR count). The second-order valence-electron chi connectivity index (χ2n) is 4.25. The minimum atomic E-state index is -0.254. The van der Waals surface area contributed by atoms with Crippen LogP contribution >= 0.6 is 11.8 Å². The normalized spacial score (nSPS) is 11.1. The summed E-state index contributed by atoms with van der Waals surface area (Å²) in [6, 6.07) is 17.6. The molecule has 0 fully saturated rings. The van der Waals surface area contributed by atoms with Crippen molar-refractivity contribution in [3.05, 3.63) is 71.8 Å². The minimum Gasteiger partial charge on any atom is -0.268 e. The molecule has 21 heavy (non-hydrogen) atoms. The highest BCUT2D eigenvalue weighted by molar-refractivity contribution is 7.98. The molecule has 0 aliphatic carbocycles. The van der Waals surface area contributed by atoms with Gasteiger partial charge in [0.05, 0.1) is 6.21 Å². The Morgan fingerprint density at radius 3 is 2.62 bits per heavy atom. The highest BCUT2D eigenvalue weighted by Gasteiger charge is 1.94. The Morgan fingerprint density at radius 2 is 1.86 bits per heavy atom. The lowest BCUT2D eigenvalue weighted by atomic mass is 10.2. The Labute approximate surface area is 128 Å². The molecule has 0 atom stereocenters. The monoisotopic (exact) mass is 296 g/mol. The van der Waals surface area contributed by atoms with Crippen molar-refractivity contribution in [1.82, 2.24) is 5.43 Å². The van der Waals surface area contributed by atoms with Crippen molar-refractivity contribution < 1.29 is 4.79 Å². The smallest absolute Gasteiger partial charge is 0.264 e. The molecule has 3 nitrogen and oxygen atoms in total. The van der Waals surface area contributed by atoms with Crippen molar-refractivity contribution in [3.63, 3.8) is 0 Å². The van der Waals surface area contributed by atoms with Gasteiger partial charge in [-0.2, -0.15) is 5.10 Å². The van der Waals surface area contributed by atoms with Crippen LogP contribution < -0.4 is 5.43 Å². The summed E-state index contributed by atoms with van der Waals surface area (Å²) in [6.07, 6.45) is 6.87. The predicted molar refractivity (Wildman–Crippen MR) is 89.4 cm³/mol. The predicted octanol–water partition coefficient (Wildman–Crippen LogP) is 3.57. The average molecular weight is 296 g/mol. The summed E-state index contributed by atoms with van der Waals surface area (Å²) in [6.45, 7) is 0. The molecule has 0 heterocycles. The summed E-state index contributed by atoms with van der Waals surface area (Å²) in [7, 11) is 0. The van der Waals surface area contributed by atoms with E-state index in [9.17, 15) is 4.79 Å². The zero-order valence-electron chi connectivity index (χ0n) is 11.7. The van der Waals surface area contributed by atoms with Crippen LogP contribution in [0.5, 0.6) is 0 Å². The van der Waals surface area contributed by atoms with Gasteiger partial charge in [0, 0.05) is 11.0 Å². The van der Waals surface area contributed by atoms with Gasteiger partial charge < -0.3 is 0 Å². The van der Waals surface area contributed by atoms with Crippen LogP contribution in [-0.4, -0.2) is 18.4 Å². The quantitative estimate of drug-likeness (QED) is 0.396. The lowest BCUT2D eigenvalue weighted by Gasteiger charge is -1.98. The van der Waals surface area contributed by atoms with Crippen LogP contribution in [0.15, 0.2) is 70.7 Å². The third kappa shape index (κ3) is 5.28. The number of hydrogen-bond acceptors (Lipinski definition) is 3. The Kier molecular flexibility index (Phi) is 5.79. The highest BCUT2D eigenvalue weighted by Crippen LogP contribution is 2.14. The van der Waals surface area contributed by atoms with Crippen LogP contribution in [0.3, 0.4) is 0 Å². The third-order valence-corrected chi connectivity index (χ3v) is 3.43. The summed E-state index contributed by atoms with van der Waals surface area (Å²) in [5, 5.41) is 3.94. The maximum absolute atomic E-state index is 11.6. The maximum Gasteiger partial charge on any atom is 0.264 e. The van der Waals surface area contributed by atoms with E-state index in [0.29, 0.717) is 0 Å². The fraction of sp³-hybridized carbons (Fsp3) is 0.0588. The standard InChI is InChI=1S/C17H16N2OS/c1-21-16-9-5-8-15(12-16)13-18-19-17(20)11-10-14-6-3-2-4-7-14/h2-13H,1H3,(H,19,20)/b11-10+,18-13+. The molecule has 0 aliphatic heterocycles. The van der Waals surface area contributed by atoms with Gasteiger partial charge in [0.1, 0.15) is 0 Å². The molecule has 0 radical (unpaired) electrons. The van der Waals surface area contributed by atoms with E-state index >= 15 is 0 Å². The molecule has 0 saturated carbocycles. The zero-order chi connectivity index (χ0) is 14.9. The van der Waals surface area contributed by atoms with Gasteiger partial charge in [0.2, 0.25) is 0 Å². The first-order valence-corrected chi connectivity index (χ1v) is 7.70. The molecule has 1 amide bonds. The number of hydrazone groups is 1. The van der Waals surface area contributed by atoms with Gasteiger partial charge >= 0.3 is 0 Å². The summed E-state index contributed by atoms with van der Waals surface area (Å²) >= 11 is 1.67. The van der Waals surface area contributed by atoms with Gasteiger partial charge in [-0.1, -0.05) is 42.5 Å². The fourth-order valence-electron chi connectivity index (χ4n) is 1.67. The number of thioether (sulfide) groups is 1. The fourth-order valence-corrected chi connectivity index (χ4v) is 2.13. The van der Waals surface area contributed by atoms with Gasteiger partial charge in [-0.05, 0) is 35.6 Å². The summed E-state index contributed by atoms with van der Waals surface area (Å²) in [5.41, 5.74) is 4.40. The lowest BCUT2D eigenvalue weighted by molar-refractivity contribution is -0.116. The first-order valence-electron chi connectivity index (χ1n) is 6.48. The lowest BCUT2D eigenvalue weighted by Crippen LogP contribution is -2.14. The summed E-state index contributed by atoms with van der Waals surface area (Å²) in [4.78, 5) is 12.8. The third-order valence-electron chi connectivity index (χ3n) is 2.71. The molecule has 106 valence electrons. The molecule has 0 saturated heterocycles. The van der Waals surface area contributed by atoms with E-state index in [1.807, 2.05) is 60.9 Å². The average Bonchev–Trinajstić information content (AvgIpc) is 2.54. The number of rotatable bonds is 5. The molecular formula is C17H16N2OS. The minimum absolute atomic E-state index is 0.254. The van der Waals surface area contributed by atoms with Crippen LogP contribution in [0.25, 0.3) is 6.08 Å². The summed E-state index contributed by atoms with van der Waals surface area (Å²) < 4.78 is 0. The molecule has 4 heteroatoms. The second kappa shape index (κ2) is 8.07. The van der Waals surface area contributed by atoms with Crippen LogP contribution in [0.4, 0.5) is 0 Å². The molecule has 1 N–H and O–H groups in total. The van der Waals surface area contributed by atoms with E-state index in [1.54, 1.807) is 24.1 Å². The van der Waals surface area contributed by atoms with Gasteiger partial charge in [0.15, 0.2) is 0 Å². The Bertz CT molecular complexity index is 651. The van der Waals surface area contributed by atoms with Crippen molar-refractivity contribution >= 4 is 30.0 Å². The molecular weight excluding hydrogens is 280 g/mol. The molecule has 0 aliphatic rings. The number of amides is 1. The van der Waals surface area contributed by atoms with Crippen molar-refractivity contribution in [1.29, 1.82) is 0 Å². The number of carbonyl (C=O) groups excluding carboxylic acids is 1. The largest absolute Gasteiger partial charge is 0.268 e. The number of hydrogen-bond donors (Lipinski definition) is 1. The topological polar surface area (TPSA) is 41.5 Å². The van der Waals surface area contributed by atoms with E-state index in [2.05, 4.69) is 10.5 Å². The summed E-state index contributed by atoms with van der Waals surface area (Å²) in [5.74, 6) is -0.254. The van der Waals surface area contributed by atoms with Crippen molar-refractivity contribution in [3.8, 4) is 0 Å². The Hall–Kier alpha value is -2.33. The molecule has 2 aromatic rings. The molecule has 0 unspecified atom stereocenters. The van der Waals surface area contributed by atoms with Crippen LogP contribution in [-0.2, 0) is 4.79 Å². The molecule has 0 aromatic heterocycles. The van der Waals surface area contributed by atoms with Crippen molar-refractivity contribution in [2.24, 2.45) is 5.10 Å². The molecule has 2 aromatic carbocycles. The van der Waals surface area contributed by atoms with E-state index < -0.39 is 0 Å². The first kappa shape index (κ1) is 15.1. The SMILES string of the molecule is CSc1cccc(/C=N/NC(=O)/C=C/c2ccccc2)c1. The zero-order valence-corrected chi connectivity index (χ0v) is 12.5. The van der Waals surface area contributed by atoms with Gasteiger partial charge in [0.25, 0.3) is 5.91 Å². The van der Waals surface area contributed by atoms with Crippen molar-refractivity contribution in [2.45, 2.75) is 4.90 Å². The highest BCUT2D eigenvalue weighted by atomic mass is 32.2. The Balaban J connectivity index is 1.88. The van der Waals surface area contributed by atoms with E-state index in [1.165, 1.54) is 6.08 Å². The maximum atomic E-state index is 11.6.